The van der Waals surface area contributed by atoms with Crippen molar-refractivity contribution in [3.8, 4) is 5.75 Å². The summed E-state index contributed by atoms with van der Waals surface area (Å²) >= 11 is 6.10. The summed E-state index contributed by atoms with van der Waals surface area (Å²) < 4.78 is 5.43. The van der Waals surface area contributed by atoms with E-state index in [0.29, 0.717) is 6.61 Å². The van der Waals surface area contributed by atoms with Crippen LogP contribution in [0.1, 0.15) is 13.8 Å². The third-order valence-electron chi connectivity index (χ3n) is 5.02. The average molecular weight is 389 g/mol. The fourth-order valence-corrected chi connectivity index (χ4v) is 3.58. The highest BCUT2D eigenvalue weighted by molar-refractivity contribution is 6.30. The summed E-state index contributed by atoms with van der Waals surface area (Å²) in [6.45, 7) is 8.25. The van der Waals surface area contributed by atoms with Crippen molar-refractivity contribution in [3.05, 3.63) is 53.6 Å². The molecule has 0 aromatic heterocycles. The van der Waals surface area contributed by atoms with Gasteiger partial charge < -0.3 is 19.9 Å². The number of anilines is 2. The number of amides is 1. The van der Waals surface area contributed by atoms with Gasteiger partial charge in [0.25, 0.3) is 5.91 Å². The lowest BCUT2D eigenvalue weighted by Crippen LogP contribution is -3.19. The Kier molecular flexibility index (Phi) is 6.58. The van der Waals surface area contributed by atoms with Gasteiger partial charge >= 0.3 is 0 Å². The standard InChI is InChI=1S/C21H26ClN3O2/c1-3-27-20-9-7-18(8-10-20)23-21(26)16(2)24-11-13-25(14-12-24)19-6-4-5-17(22)15-19/h4-10,15-16H,3,11-14H2,1-2H3,(H,23,26)/p+1/t16-/m1/s1. The lowest BCUT2D eigenvalue weighted by atomic mass is 10.2. The molecule has 144 valence electrons. The Morgan fingerprint density at radius 2 is 1.93 bits per heavy atom. The number of piperazine rings is 1. The van der Waals surface area contributed by atoms with Gasteiger partial charge in [-0.15, -0.1) is 0 Å². The highest BCUT2D eigenvalue weighted by Crippen LogP contribution is 2.19. The normalized spacial score (nSPS) is 16.0. The molecular weight excluding hydrogens is 362 g/mol. The second kappa shape index (κ2) is 9.11. The smallest absolute Gasteiger partial charge is 0.282 e. The first-order valence-corrected chi connectivity index (χ1v) is 9.83. The van der Waals surface area contributed by atoms with Crippen molar-refractivity contribution in [1.29, 1.82) is 0 Å². The molecule has 0 aliphatic carbocycles. The van der Waals surface area contributed by atoms with Crippen molar-refractivity contribution in [2.45, 2.75) is 19.9 Å². The average Bonchev–Trinajstić information content (AvgIpc) is 2.69. The summed E-state index contributed by atoms with van der Waals surface area (Å²) in [6, 6.07) is 15.3. The van der Waals surface area contributed by atoms with Crippen LogP contribution in [0, 0.1) is 0 Å². The van der Waals surface area contributed by atoms with Gasteiger partial charge in [-0.3, -0.25) is 4.79 Å². The maximum absolute atomic E-state index is 12.6. The zero-order valence-corrected chi connectivity index (χ0v) is 16.6. The van der Waals surface area contributed by atoms with Crippen LogP contribution in [0.3, 0.4) is 0 Å². The Balaban J connectivity index is 1.52. The first kappa shape index (κ1) is 19.5. The largest absolute Gasteiger partial charge is 0.494 e. The highest BCUT2D eigenvalue weighted by Gasteiger charge is 2.29. The number of hydrogen-bond acceptors (Lipinski definition) is 3. The van der Waals surface area contributed by atoms with Crippen LogP contribution in [0.15, 0.2) is 48.5 Å². The summed E-state index contributed by atoms with van der Waals surface area (Å²) in [5.74, 6) is 0.858. The van der Waals surface area contributed by atoms with Crippen molar-refractivity contribution in [3.63, 3.8) is 0 Å². The number of carbonyl (C=O) groups excluding carboxylic acids is 1. The predicted molar refractivity (Wildman–Crippen MR) is 110 cm³/mol. The molecule has 27 heavy (non-hydrogen) atoms. The monoisotopic (exact) mass is 388 g/mol. The Labute approximate surface area is 165 Å². The summed E-state index contributed by atoms with van der Waals surface area (Å²) in [7, 11) is 0. The van der Waals surface area contributed by atoms with Crippen LogP contribution in [-0.4, -0.2) is 44.7 Å². The molecule has 5 nitrogen and oxygen atoms in total. The Morgan fingerprint density at radius 1 is 1.22 bits per heavy atom. The zero-order chi connectivity index (χ0) is 19.2. The second-order valence-electron chi connectivity index (χ2n) is 6.79. The fourth-order valence-electron chi connectivity index (χ4n) is 3.40. The zero-order valence-electron chi connectivity index (χ0n) is 15.9. The van der Waals surface area contributed by atoms with Crippen LogP contribution in [-0.2, 0) is 4.79 Å². The van der Waals surface area contributed by atoms with Gasteiger partial charge in [0, 0.05) is 16.4 Å². The quantitative estimate of drug-likeness (QED) is 0.799. The molecule has 0 spiro atoms. The van der Waals surface area contributed by atoms with Gasteiger partial charge in [0.2, 0.25) is 0 Å². The van der Waals surface area contributed by atoms with Crippen molar-refractivity contribution in [2.24, 2.45) is 0 Å². The van der Waals surface area contributed by atoms with E-state index in [0.717, 1.165) is 48.3 Å². The molecule has 0 bridgehead atoms. The summed E-state index contributed by atoms with van der Waals surface area (Å²) in [5, 5.41) is 3.77. The molecule has 6 heteroatoms. The number of rotatable bonds is 6. The first-order chi connectivity index (χ1) is 13.1. The summed E-state index contributed by atoms with van der Waals surface area (Å²) in [4.78, 5) is 16.3. The molecule has 1 atom stereocenters. The van der Waals surface area contributed by atoms with Gasteiger partial charge in [-0.1, -0.05) is 17.7 Å². The Morgan fingerprint density at radius 3 is 2.56 bits per heavy atom. The van der Waals surface area contributed by atoms with Gasteiger partial charge in [-0.25, -0.2) is 0 Å². The molecule has 1 heterocycles. The SMILES string of the molecule is CCOc1ccc(NC(=O)[C@@H](C)[NH+]2CCN(c3cccc(Cl)c3)CC2)cc1. The number of benzene rings is 2. The van der Waals surface area contributed by atoms with Gasteiger partial charge in [0.1, 0.15) is 5.75 Å². The van der Waals surface area contributed by atoms with Crippen molar-refractivity contribution in [1.82, 2.24) is 0 Å². The maximum Gasteiger partial charge on any atom is 0.282 e. The maximum atomic E-state index is 12.6. The van der Waals surface area contributed by atoms with Crippen molar-refractivity contribution in [2.75, 3.05) is 43.0 Å². The van der Waals surface area contributed by atoms with Gasteiger partial charge in [-0.2, -0.15) is 0 Å². The molecule has 1 aliphatic heterocycles. The second-order valence-corrected chi connectivity index (χ2v) is 7.23. The highest BCUT2D eigenvalue weighted by atomic mass is 35.5. The number of ether oxygens (including phenoxy) is 1. The summed E-state index contributed by atoms with van der Waals surface area (Å²) in [6.07, 6.45) is 0. The minimum Gasteiger partial charge on any atom is -0.494 e. The minimum atomic E-state index is -0.0990. The molecule has 0 radical (unpaired) electrons. The number of halogens is 1. The van der Waals surface area contributed by atoms with E-state index in [1.165, 1.54) is 4.90 Å². The van der Waals surface area contributed by atoms with Gasteiger partial charge in [-0.05, 0) is 56.3 Å². The number of carbonyl (C=O) groups is 1. The summed E-state index contributed by atoms with van der Waals surface area (Å²) in [5.41, 5.74) is 1.94. The molecule has 1 saturated heterocycles. The topological polar surface area (TPSA) is 46.0 Å². The van der Waals surface area contributed by atoms with Crippen LogP contribution >= 0.6 is 11.6 Å². The van der Waals surface area contributed by atoms with Crippen LogP contribution in [0.4, 0.5) is 11.4 Å². The van der Waals surface area contributed by atoms with E-state index < -0.39 is 0 Å². The number of quaternary nitrogens is 1. The molecule has 0 unspecified atom stereocenters. The number of hydrogen-bond donors (Lipinski definition) is 2. The molecule has 2 N–H and O–H groups in total. The molecule has 2 aromatic rings. The van der Waals surface area contributed by atoms with E-state index in [1.807, 2.05) is 56.3 Å². The molecule has 3 rings (SSSR count). The first-order valence-electron chi connectivity index (χ1n) is 9.45. The van der Waals surface area contributed by atoms with Crippen LogP contribution in [0.5, 0.6) is 5.75 Å². The van der Waals surface area contributed by atoms with Crippen LogP contribution in [0.2, 0.25) is 5.02 Å². The Hall–Kier alpha value is -2.24. The molecule has 0 saturated carbocycles. The predicted octanol–water partition coefficient (Wildman–Crippen LogP) is 2.47. The molecule has 2 aromatic carbocycles. The minimum absolute atomic E-state index is 0.0466. The lowest BCUT2D eigenvalue weighted by Gasteiger charge is -2.36. The molecule has 1 fully saturated rings. The van der Waals surface area contributed by atoms with Crippen LogP contribution < -0.4 is 19.9 Å². The van der Waals surface area contributed by atoms with E-state index in [9.17, 15) is 4.79 Å². The van der Waals surface area contributed by atoms with Crippen LogP contribution in [0.25, 0.3) is 0 Å². The van der Waals surface area contributed by atoms with Crippen molar-refractivity contribution < 1.29 is 14.4 Å². The van der Waals surface area contributed by atoms with Gasteiger partial charge in [0.15, 0.2) is 6.04 Å². The van der Waals surface area contributed by atoms with E-state index in [1.54, 1.807) is 0 Å². The molecule has 1 amide bonds. The van der Waals surface area contributed by atoms with E-state index >= 15 is 0 Å². The molecule has 1 aliphatic rings. The van der Waals surface area contributed by atoms with Gasteiger partial charge in [0.05, 0.1) is 32.8 Å². The van der Waals surface area contributed by atoms with E-state index in [-0.39, 0.29) is 11.9 Å². The fraction of sp³-hybridized carbons (Fsp3) is 0.381. The van der Waals surface area contributed by atoms with E-state index in [4.69, 9.17) is 16.3 Å². The molecular formula is C21H27ClN3O2+. The number of nitrogens with zero attached hydrogens (tertiary/aromatic N) is 1. The lowest BCUT2D eigenvalue weighted by molar-refractivity contribution is -0.914. The number of nitrogens with one attached hydrogen (secondary N) is 2. The Bertz CT molecular complexity index is 758. The third kappa shape index (κ3) is 5.15. The van der Waals surface area contributed by atoms with Crippen molar-refractivity contribution >= 4 is 28.9 Å². The third-order valence-corrected chi connectivity index (χ3v) is 5.25. The van der Waals surface area contributed by atoms with E-state index in [2.05, 4.69) is 16.3 Å².